The van der Waals surface area contributed by atoms with E-state index in [1.54, 1.807) is 0 Å². The predicted molar refractivity (Wildman–Crippen MR) is 94.1 cm³/mol. The van der Waals surface area contributed by atoms with E-state index in [0.717, 1.165) is 28.1 Å². The van der Waals surface area contributed by atoms with Gasteiger partial charge in [-0.05, 0) is 29.5 Å². The molecule has 2 aromatic rings. The van der Waals surface area contributed by atoms with Gasteiger partial charge in [0, 0.05) is 23.2 Å². The van der Waals surface area contributed by atoms with Crippen molar-refractivity contribution in [3.63, 3.8) is 0 Å². The monoisotopic (exact) mass is 338 g/mol. The maximum absolute atomic E-state index is 4.73. The summed E-state index contributed by atoms with van der Waals surface area (Å²) in [7, 11) is 0. The summed E-state index contributed by atoms with van der Waals surface area (Å²) >= 11 is 3.05. The van der Waals surface area contributed by atoms with Crippen molar-refractivity contribution < 1.29 is 0 Å². The van der Waals surface area contributed by atoms with Gasteiger partial charge in [-0.3, -0.25) is 0 Å². The standard InChI is InChI=1S/C16H26N4S2/c1-9(2)13-17-12(19-21-13)11(5)8-16(6,7)15-18-14(10(3)4)22-20-15/h9-11H,8H2,1-7H3. The summed E-state index contributed by atoms with van der Waals surface area (Å²) in [5.74, 6) is 3.10. The van der Waals surface area contributed by atoms with Crippen molar-refractivity contribution >= 4 is 23.1 Å². The Morgan fingerprint density at radius 1 is 0.864 bits per heavy atom. The molecule has 2 aromatic heterocycles. The van der Waals surface area contributed by atoms with Gasteiger partial charge in [-0.25, -0.2) is 9.97 Å². The molecule has 2 heterocycles. The molecule has 0 aliphatic heterocycles. The highest BCUT2D eigenvalue weighted by Gasteiger charge is 2.30. The zero-order valence-corrected chi connectivity index (χ0v) is 16.2. The van der Waals surface area contributed by atoms with Crippen LogP contribution in [0, 0.1) is 0 Å². The van der Waals surface area contributed by atoms with Gasteiger partial charge in [-0.15, -0.1) is 0 Å². The molecule has 0 saturated heterocycles. The topological polar surface area (TPSA) is 51.6 Å². The smallest absolute Gasteiger partial charge is 0.148 e. The van der Waals surface area contributed by atoms with Crippen LogP contribution < -0.4 is 0 Å². The molecule has 0 amide bonds. The lowest BCUT2D eigenvalue weighted by Gasteiger charge is -2.24. The largest absolute Gasteiger partial charge is 0.224 e. The van der Waals surface area contributed by atoms with Crippen LogP contribution in [0.3, 0.4) is 0 Å². The van der Waals surface area contributed by atoms with E-state index < -0.39 is 0 Å². The Bertz CT molecular complexity index is 613. The van der Waals surface area contributed by atoms with Gasteiger partial charge in [0.25, 0.3) is 0 Å². The van der Waals surface area contributed by atoms with Gasteiger partial charge in [0.2, 0.25) is 0 Å². The second-order valence-corrected chi connectivity index (χ2v) is 8.81. The molecule has 0 N–H and O–H groups in total. The first kappa shape index (κ1) is 17.5. The van der Waals surface area contributed by atoms with E-state index in [9.17, 15) is 0 Å². The first-order valence-corrected chi connectivity index (χ1v) is 9.43. The van der Waals surface area contributed by atoms with Crippen LogP contribution in [0.5, 0.6) is 0 Å². The summed E-state index contributed by atoms with van der Waals surface area (Å²) in [4.78, 5) is 9.42. The molecule has 0 aromatic carbocycles. The summed E-state index contributed by atoms with van der Waals surface area (Å²) in [5, 5.41) is 2.23. The summed E-state index contributed by atoms with van der Waals surface area (Å²) in [5.41, 5.74) is -0.0631. The van der Waals surface area contributed by atoms with Crippen molar-refractivity contribution in [2.24, 2.45) is 0 Å². The van der Waals surface area contributed by atoms with Crippen molar-refractivity contribution in [3.05, 3.63) is 21.7 Å². The Morgan fingerprint density at radius 3 is 1.91 bits per heavy atom. The first-order chi connectivity index (χ1) is 10.2. The van der Waals surface area contributed by atoms with Crippen LogP contribution in [-0.4, -0.2) is 18.7 Å². The molecule has 0 aliphatic carbocycles. The molecule has 0 fully saturated rings. The van der Waals surface area contributed by atoms with Crippen LogP contribution in [0.4, 0.5) is 0 Å². The van der Waals surface area contributed by atoms with Gasteiger partial charge >= 0.3 is 0 Å². The predicted octanol–water partition coefficient (Wildman–Crippen LogP) is 5.11. The van der Waals surface area contributed by atoms with Gasteiger partial charge in [0.1, 0.15) is 21.7 Å². The minimum Gasteiger partial charge on any atom is -0.224 e. The minimum absolute atomic E-state index is 0.0631. The van der Waals surface area contributed by atoms with E-state index in [2.05, 4.69) is 57.2 Å². The molecule has 6 heteroatoms. The Morgan fingerprint density at radius 2 is 1.41 bits per heavy atom. The highest BCUT2D eigenvalue weighted by atomic mass is 32.1. The van der Waals surface area contributed by atoms with Crippen molar-refractivity contribution in [1.29, 1.82) is 0 Å². The normalized spacial score (nSPS) is 14.0. The van der Waals surface area contributed by atoms with Crippen LogP contribution in [0.25, 0.3) is 0 Å². The zero-order chi connectivity index (χ0) is 16.5. The van der Waals surface area contributed by atoms with Crippen molar-refractivity contribution in [2.45, 2.75) is 78.1 Å². The van der Waals surface area contributed by atoms with Crippen LogP contribution in [0.1, 0.15) is 94.3 Å². The van der Waals surface area contributed by atoms with E-state index in [-0.39, 0.29) is 5.41 Å². The van der Waals surface area contributed by atoms with Crippen molar-refractivity contribution in [1.82, 2.24) is 18.7 Å². The molecule has 0 radical (unpaired) electrons. The molecular weight excluding hydrogens is 312 g/mol. The van der Waals surface area contributed by atoms with Crippen LogP contribution in [0.2, 0.25) is 0 Å². The lowest BCUT2D eigenvalue weighted by molar-refractivity contribution is 0.411. The fraction of sp³-hybridized carbons (Fsp3) is 0.750. The Balaban J connectivity index is 2.12. The molecule has 2 rings (SSSR count). The SMILES string of the molecule is CC(C)c1nc(C(C)CC(C)(C)c2nsc(C(C)C)n2)ns1. The average molecular weight is 339 g/mol. The quantitative estimate of drug-likeness (QED) is 0.734. The summed E-state index contributed by atoms with van der Waals surface area (Å²) in [6, 6.07) is 0. The summed E-state index contributed by atoms with van der Waals surface area (Å²) < 4.78 is 9.12. The zero-order valence-electron chi connectivity index (χ0n) is 14.5. The number of rotatable bonds is 6. The molecule has 0 spiro atoms. The second-order valence-electron chi connectivity index (χ2n) is 7.25. The molecule has 0 saturated carbocycles. The van der Waals surface area contributed by atoms with E-state index in [4.69, 9.17) is 9.97 Å². The van der Waals surface area contributed by atoms with E-state index >= 15 is 0 Å². The fourth-order valence-electron chi connectivity index (χ4n) is 2.37. The third kappa shape index (κ3) is 3.90. The van der Waals surface area contributed by atoms with E-state index in [1.807, 2.05) is 0 Å². The molecule has 0 bridgehead atoms. The van der Waals surface area contributed by atoms with Gasteiger partial charge < -0.3 is 0 Å². The fourth-order valence-corrected chi connectivity index (χ4v) is 3.93. The van der Waals surface area contributed by atoms with Gasteiger partial charge in [-0.1, -0.05) is 48.5 Å². The summed E-state index contributed by atoms with van der Waals surface area (Å²) in [6.45, 7) is 15.3. The van der Waals surface area contributed by atoms with Gasteiger partial charge in [0.15, 0.2) is 0 Å². The molecule has 1 atom stereocenters. The second kappa shape index (κ2) is 6.71. The Labute approximate surface area is 141 Å². The van der Waals surface area contributed by atoms with Crippen LogP contribution >= 0.6 is 23.1 Å². The molecule has 0 aliphatic rings. The summed E-state index contributed by atoms with van der Waals surface area (Å²) in [6.07, 6.45) is 0.954. The highest BCUT2D eigenvalue weighted by Crippen LogP contribution is 2.34. The highest BCUT2D eigenvalue weighted by molar-refractivity contribution is 7.05. The van der Waals surface area contributed by atoms with Crippen LogP contribution in [-0.2, 0) is 5.41 Å². The number of nitrogens with zero attached hydrogens (tertiary/aromatic N) is 4. The number of hydrogen-bond acceptors (Lipinski definition) is 6. The van der Waals surface area contributed by atoms with E-state index in [1.165, 1.54) is 23.1 Å². The molecular formula is C16H26N4S2. The first-order valence-electron chi connectivity index (χ1n) is 7.88. The molecule has 22 heavy (non-hydrogen) atoms. The maximum Gasteiger partial charge on any atom is 0.148 e. The lowest BCUT2D eigenvalue weighted by Crippen LogP contribution is -2.22. The Kier molecular flexibility index (Phi) is 5.33. The number of hydrogen-bond donors (Lipinski definition) is 0. The van der Waals surface area contributed by atoms with Gasteiger partial charge in [0.05, 0.1) is 0 Å². The Hall–Kier alpha value is -0.880. The van der Waals surface area contributed by atoms with Crippen molar-refractivity contribution in [2.75, 3.05) is 0 Å². The van der Waals surface area contributed by atoms with Crippen LogP contribution in [0.15, 0.2) is 0 Å². The van der Waals surface area contributed by atoms with E-state index in [0.29, 0.717) is 17.8 Å². The third-order valence-corrected chi connectivity index (χ3v) is 5.79. The number of aromatic nitrogens is 4. The lowest BCUT2D eigenvalue weighted by atomic mass is 9.82. The third-order valence-electron chi connectivity index (χ3n) is 3.75. The van der Waals surface area contributed by atoms with Gasteiger partial charge in [-0.2, -0.15) is 8.75 Å². The maximum atomic E-state index is 4.73. The molecule has 122 valence electrons. The minimum atomic E-state index is -0.0631. The van der Waals surface area contributed by atoms with Crippen molar-refractivity contribution in [3.8, 4) is 0 Å². The average Bonchev–Trinajstić information content (AvgIpc) is 3.08. The molecule has 4 nitrogen and oxygen atoms in total. The molecule has 1 unspecified atom stereocenters.